The lowest BCUT2D eigenvalue weighted by molar-refractivity contribution is -0.143. The van der Waals surface area contributed by atoms with Gasteiger partial charge in [0.05, 0.1) is 6.61 Å². The smallest absolute Gasteiger partial charge is 0.305 e. The van der Waals surface area contributed by atoms with Crippen LogP contribution in [-0.2, 0) is 9.53 Å². The first-order valence-electron chi connectivity index (χ1n) is 17.1. The molecule has 0 radical (unpaired) electrons. The molecule has 0 aliphatic carbocycles. The highest BCUT2D eigenvalue weighted by atomic mass is 16.5. The Morgan fingerprint density at radius 1 is 0.432 bits per heavy atom. The number of hydrogen-bond acceptors (Lipinski definition) is 2. The predicted molar refractivity (Wildman–Crippen MR) is 165 cm³/mol. The van der Waals surface area contributed by atoms with Crippen LogP contribution >= 0.6 is 0 Å². The monoisotopic (exact) mass is 521 g/mol. The number of carbonyl (C=O) groups is 1. The second kappa shape index (κ2) is 33.2. The molecular formula is C35H68O2. The standard InChI is InChI=1S/C35H68O2/c1-3-5-7-9-11-13-15-17-19-21-23-25-27-29-31-33-35(36)37-34-32-30-28-26-24-22-20-18-16-14-12-10-8-6-4-2/h17,19H,3-16,18,20-34H2,1-2H3/b19-17-. The summed E-state index contributed by atoms with van der Waals surface area (Å²) in [6, 6.07) is 0. The Bertz CT molecular complexity index is 456. The first-order chi connectivity index (χ1) is 18.3. The summed E-state index contributed by atoms with van der Waals surface area (Å²) in [6.45, 7) is 5.19. The molecule has 0 heterocycles. The third-order valence-corrected chi connectivity index (χ3v) is 7.65. The van der Waals surface area contributed by atoms with Crippen LogP contribution in [0.15, 0.2) is 12.2 Å². The van der Waals surface area contributed by atoms with Crippen LogP contribution in [0.2, 0.25) is 0 Å². The van der Waals surface area contributed by atoms with E-state index in [4.69, 9.17) is 4.74 Å². The van der Waals surface area contributed by atoms with Gasteiger partial charge < -0.3 is 4.74 Å². The molecule has 0 N–H and O–H groups in total. The minimum atomic E-state index is 0.0167. The van der Waals surface area contributed by atoms with Gasteiger partial charge in [-0.3, -0.25) is 4.79 Å². The molecule has 37 heavy (non-hydrogen) atoms. The van der Waals surface area contributed by atoms with Crippen molar-refractivity contribution in [3.63, 3.8) is 0 Å². The zero-order valence-corrected chi connectivity index (χ0v) is 25.7. The molecule has 2 heteroatoms. The van der Waals surface area contributed by atoms with Crippen molar-refractivity contribution < 1.29 is 9.53 Å². The maximum Gasteiger partial charge on any atom is 0.305 e. The van der Waals surface area contributed by atoms with E-state index in [1.807, 2.05) is 0 Å². The van der Waals surface area contributed by atoms with Crippen molar-refractivity contribution in [2.75, 3.05) is 6.61 Å². The van der Waals surface area contributed by atoms with E-state index in [0.29, 0.717) is 13.0 Å². The lowest BCUT2D eigenvalue weighted by Crippen LogP contribution is -2.05. The molecule has 0 aromatic carbocycles. The molecule has 0 atom stereocenters. The first-order valence-corrected chi connectivity index (χ1v) is 17.1. The first kappa shape index (κ1) is 36.2. The normalized spacial score (nSPS) is 11.5. The van der Waals surface area contributed by atoms with Crippen LogP contribution in [0.25, 0.3) is 0 Å². The van der Waals surface area contributed by atoms with Crippen LogP contribution in [0.5, 0.6) is 0 Å². The Balaban J connectivity index is 3.19. The van der Waals surface area contributed by atoms with Gasteiger partial charge in [-0.15, -0.1) is 0 Å². The van der Waals surface area contributed by atoms with E-state index < -0.39 is 0 Å². The molecule has 0 unspecified atom stereocenters. The van der Waals surface area contributed by atoms with Crippen molar-refractivity contribution in [3.05, 3.63) is 12.2 Å². The SMILES string of the molecule is CCCCCCCC/C=C\CCCCCCCC(=O)OCCCCCCCCCCCCCCCCC. The second-order valence-corrected chi connectivity index (χ2v) is 11.5. The van der Waals surface area contributed by atoms with Crippen LogP contribution in [0.1, 0.15) is 200 Å². The Kier molecular flexibility index (Phi) is 32.5. The van der Waals surface area contributed by atoms with Crippen molar-refractivity contribution in [1.82, 2.24) is 0 Å². The Labute approximate surface area is 234 Å². The number of unbranched alkanes of at least 4 members (excludes halogenated alkanes) is 25. The fourth-order valence-electron chi connectivity index (χ4n) is 5.07. The summed E-state index contributed by atoms with van der Waals surface area (Å²) in [6.07, 6.45) is 42.6. The van der Waals surface area contributed by atoms with Gasteiger partial charge in [-0.25, -0.2) is 0 Å². The molecule has 0 bridgehead atoms. The van der Waals surface area contributed by atoms with E-state index in [-0.39, 0.29) is 5.97 Å². The molecule has 0 saturated carbocycles. The van der Waals surface area contributed by atoms with Crippen molar-refractivity contribution in [2.45, 2.75) is 200 Å². The summed E-state index contributed by atoms with van der Waals surface area (Å²) < 4.78 is 5.43. The maximum atomic E-state index is 11.9. The molecule has 2 nitrogen and oxygen atoms in total. The molecule has 0 aliphatic rings. The van der Waals surface area contributed by atoms with Gasteiger partial charge in [0.1, 0.15) is 0 Å². The van der Waals surface area contributed by atoms with E-state index in [1.165, 1.54) is 161 Å². The molecule has 220 valence electrons. The number of ether oxygens (including phenoxy) is 1. The highest BCUT2D eigenvalue weighted by molar-refractivity contribution is 5.69. The molecule has 0 saturated heterocycles. The van der Waals surface area contributed by atoms with Crippen LogP contribution in [0, 0.1) is 0 Å². The highest BCUT2D eigenvalue weighted by Crippen LogP contribution is 2.14. The van der Waals surface area contributed by atoms with Gasteiger partial charge in [0.25, 0.3) is 0 Å². The molecule has 0 aromatic heterocycles. The Morgan fingerprint density at radius 2 is 0.757 bits per heavy atom. The minimum Gasteiger partial charge on any atom is -0.466 e. The van der Waals surface area contributed by atoms with Gasteiger partial charge in [0.15, 0.2) is 0 Å². The average Bonchev–Trinajstić information content (AvgIpc) is 2.90. The second-order valence-electron chi connectivity index (χ2n) is 11.5. The van der Waals surface area contributed by atoms with Crippen molar-refractivity contribution >= 4 is 5.97 Å². The largest absolute Gasteiger partial charge is 0.466 e. The number of rotatable bonds is 31. The molecule has 0 spiro atoms. The fourth-order valence-corrected chi connectivity index (χ4v) is 5.07. The Hall–Kier alpha value is -0.790. The van der Waals surface area contributed by atoms with Crippen LogP contribution in [-0.4, -0.2) is 12.6 Å². The summed E-state index contributed by atoms with van der Waals surface area (Å²) in [5, 5.41) is 0. The number of carbonyl (C=O) groups excluding carboxylic acids is 1. The van der Waals surface area contributed by atoms with E-state index in [1.54, 1.807) is 0 Å². The molecule has 0 aromatic rings. The summed E-state index contributed by atoms with van der Waals surface area (Å²) in [5.41, 5.74) is 0. The Morgan fingerprint density at radius 3 is 1.16 bits per heavy atom. The van der Waals surface area contributed by atoms with Gasteiger partial charge in [-0.2, -0.15) is 0 Å². The van der Waals surface area contributed by atoms with Crippen molar-refractivity contribution in [2.24, 2.45) is 0 Å². The van der Waals surface area contributed by atoms with Gasteiger partial charge in [-0.1, -0.05) is 167 Å². The van der Waals surface area contributed by atoms with Crippen LogP contribution in [0.4, 0.5) is 0 Å². The summed E-state index contributed by atoms with van der Waals surface area (Å²) in [4.78, 5) is 11.9. The third kappa shape index (κ3) is 33.2. The van der Waals surface area contributed by atoms with Crippen molar-refractivity contribution in [3.8, 4) is 0 Å². The topological polar surface area (TPSA) is 26.3 Å². The molecule has 0 aliphatic heterocycles. The predicted octanol–water partition coefficient (Wildman–Crippen LogP) is 12.4. The lowest BCUT2D eigenvalue weighted by Gasteiger charge is -2.05. The molecule has 0 fully saturated rings. The molecule has 0 amide bonds. The van der Waals surface area contributed by atoms with Gasteiger partial charge in [0, 0.05) is 6.42 Å². The van der Waals surface area contributed by atoms with E-state index in [2.05, 4.69) is 26.0 Å². The number of esters is 1. The van der Waals surface area contributed by atoms with Gasteiger partial charge in [-0.05, 0) is 38.5 Å². The lowest BCUT2D eigenvalue weighted by atomic mass is 10.0. The van der Waals surface area contributed by atoms with Crippen molar-refractivity contribution in [1.29, 1.82) is 0 Å². The van der Waals surface area contributed by atoms with E-state index in [0.717, 1.165) is 19.3 Å². The highest BCUT2D eigenvalue weighted by Gasteiger charge is 2.02. The maximum absolute atomic E-state index is 11.9. The zero-order chi connectivity index (χ0) is 26.9. The summed E-state index contributed by atoms with van der Waals surface area (Å²) in [5.74, 6) is 0.0167. The van der Waals surface area contributed by atoms with Gasteiger partial charge >= 0.3 is 5.97 Å². The quantitative estimate of drug-likeness (QED) is 0.0516. The van der Waals surface area contributed by atoms with Crippen LogP contribution < -0.4 is 0 Å². The molecular weight excluding hydrogens is 452 g/mol. The minimum absolute atomic E-state index is 0.0167. The third-order valence-electron chi connectivity index (χ3n) is 7.65. The zero-order valence-electron chi connectivity index (χ0n) is 25.7. The average molecular weight is 521 g/mol. The summed E-state index contributed by atoms with van der Waals surface area (Å²) >= 11 is 0. The number of allylic oxidation sites excluding steroid dienone is 2. The van der Waals surface area contributed by atoms with Gasteiger partial charge in [0.2, 0.25) is 0 Å². The summed E-state index contributed by atoms with van der Waals surface area (Å²) in [7, 11) is 0. The van der Waals surface area contributed by atoms with E-state index >= 15 is 0 Å². The fraction of sp³-hybridized carbons (Fsp3) is 0.914. The molecule has 0 rings (SSSR count). The number of hydrogen-bond donors (Lipinski definition) is 0. The van der Waals surface area contributed by atoms with Crippen LogP contribution in [0.3, 0.4) is 0 Å². The van der Waals surface area contributed by atoms with E-state index in [9.17, 15) is 4.79 Å².